The van der Waals surface area contributed by atoms with Crippen LogP contribution in [0.15, 0.2) is 16.3 Å². The molecule has 1 N–H and O–H groups in total. The topological polar surface area (TPSA) is 39.1 Å². The lowest BCUT2D eigenvalue weighted by molar-refractivity contribution is -0.0158. The summed E-state index contributed by atoms with van der Waals surface area (Å²) < 4.78 is 0. The predicted octanol–water partition coefficient (Wildman–Crippen LogP) is 3.91. The van der Waals surface area contributed by atoms with Crippen molar-refractivity contribution in [3.63, 3.8) is 0 Å². The van der Waals surface area contributed by atoms with Gasteiger partial charge in [-0.25, -0.2) is 0 Å². The second-order valence-electron chi connectivity index (χ2n) is 11.6. The van der Waals surface area contributed by atoms with Crippen molar-refractivity contribution < 1.29 is 5.11 Å². The number of aliphatic imine (C=N–C) groups is 1. The molecule has 0 bridgehead atoms. The predicted molar refractivity (Wildman–Crippen MR) is 109 cm³/mol. The van der Waals surface area contributed by atoms with E-state index in [-0.39, 0.29) is 28.4 Å². The van der Waals surface area contributed by atoms with Crippen LogP contribution in [-0.4, -0.2) is 58.6 Å². The minimum Gasteiger partial charge on any atom is -0.390 e. The highest BCUT2D eigenvalue weighted by molar-refractivity contribution is 5.91. The quantitative estimate of drug-likeness (QED) is 0.769. The smallest absolute Gasteiger partial charge is 0.109 e. The third-order valence-electron chi connectivity index (χ3n) is 5.92. The SMILES string of the molecule is CC(C)(C)C1=NC(C(C)(C)C)C(C(C)(C)C)=C2C(N3CC(O)C3)CCN12. The number of likely N-dealkylation sites (tertiary alicyclic amines) is 1. The van der Waals surface area contributed by atoms with Crippen molar-refractivity contribution in [2.45, 2.75) is 86.9 Å². The molecule has 0 aromatic heterocycles. The Morgan fingerprint density at radius 2 is 1.50 bits per heavy atom. The van der Waals surface area contributed by atoms with Crippen molar-refractivity contribution in [1.82, 2.24) is 9.80 Å². The Kier molecular flexibility index (Phi) is 4.64. The Balaban J connectivity index is 2.16. The third-order valence-corrected chi connectivity index (χ3v) is 5.92. The van der Waals surface area contributed by atoms with Gasteiger partial charge < -0.3 is 10.0 Å². The first-order valence-electron chi connectivity index (χ1n) is 10.2. The molecule has 3 aliphatic heterocycles. The molecule has 4 nitrogen and oxygen atoms in total. The minimum absolute atomic E-state index is 0.0293. The summed E-state index contributed by atoms with van der Waals surface area (Å²) >= 11 is 0. The van der Waals surface area contributed by atoms with Crippen LogP contribution in [0.1, 0.15) is 68.7 Å². The van der Waals surface area contributed by atoms with Gasteiger partial charge in [0, 0.05) is 30.7 Å². The van der Waals surface area contributed by atoms with Crippen LogP contribution in [0, 0.1) is 16.2 Å². The van der Waals surface area contributed by atoms with Gasteiger partial charge in [-0.2, -0.15) is 0 Å². The molecular weight excluding hydrogens is 322 g/mol. The zero-order chi connectivity index (χ0) is 19.7. The van der Waals surface area contributed by atoms with E-state index in [0.717, 1.165) is 26.1 Å². The first kappa shape index (κ1) is 19.9. The fourth-order valence-electron chi connectivity index (χ4n) is 4.75. The molecule has 2 atom stereocenters. The van der Waals surface area contributed by atoms with Crippen molar-refractivity contribution in [2.24, 2.45) is 21.2 Å². The molecule has 4 heteroatoms. The summed E-state index contributed by atoms with van der Waals surface area (Å²) in [6, 6.07) is 0.625. The van der Waals surface area contributed by atoms with Gasteiger partial charge in [0.2, 0.25) is 0 Å². The molecule has 2 unspecified atom stereocenters. The summed E-state index contributed by atoms with van der Waals surface area (Å²) in [5.74, 6) is 1.24. The van der Waals surface area contributed by atoms with E-state index < -0.39 is 0 Å². The standard InChI is InChI=1S/C22H39N3O/c1-20(2,3)16-17-15(24-12-14(26)13-24)10-11-25(17)19(22(7,8)9)23-18(16)21(4,5)6/h14-15,18,26H,10-13H2,1-9H3. The highest BCUT2D eigenvalue weighted by Gasteiger charge is 2.49. The third kappa shape index (κ3) is 3.35. The van der Waals surface area contributed by atoms with E-state index in [0.29, 0.717) is 6.04 Å². The average Bonchev–Trinajstić information content (AvgIpc) is 2.82. The van der Waals surface area contributed by atoms with Crippen molar-refractivity contribution >= 4 is 5.84 Å². The van der Waals surface area contributed by atoms with Crippen molar-refractivity contribution in [2.75, 3.05) is 19.6 Å². The number of aliphatic hydroxyl groups is 1. The van der Waals surface area contributed by atoms with E-state index >= 15 is 0 Å². The number of hydrogen-bond donors (Lipinski definition) is 1. The molecule has 3 aliphatic rings. The summed E-state index contributed by atoms with van der Waals surface area (Å²) in [5.41, 5.74) is 3.18. The molecule has 148 valence electrons. The fourth-order valence-corrected chi connectivity index (χ4v) is 4.75. The van der Waals surface area contributed by atoms with Crippen LogP contribution in [0.5, 0.6) is 0 Å². The van der Waals surface area contributed by atoms with Crippen LogP contribution in [0.2, 0.25) is 0 Å². The number of amidine groups is 1. The summed E-state index contributed by atoms with van der Waals surface area (Å²) in [5, 5.41) is 9.87. The van der Waals surface area contributed by atoms with Gasteiger partial charge in [0.1, 0.15) is 5.84 Å². The van der Waals surface area contributed by atoms with E-state index in [4.69, 9.17) is 4.99 Å². The van der Waals surface area contributed by atoms with Crippen molar-refractivity contribution in [3.05, 3.63) is 11.3 Å². The van der Waals surface area contributed by atoms with E-state index in [1.54, 1.807) is 0 Å². The lowest BCUT2D eigenvalue weighted by Crippen LogP contribution is -2.57. The maximum Gasteiger partial charge on any atom is 0.109 e. The molecule has 0 spiro atoms. The first-order chi connectivity index (χ1) is 11.7. The highest BCUT2D eigenvalue weighted by atomic mass is 16.3. The van der Waals surface area contributed by atoms with E-state index in [2.05, 4.69) is 72.1 Å². The van der Waals surface area contributed by atoms with Gasteiger partial charge in [-0.1, -0.05) is 62.3 Å². The lowest BCUT2D eigenvalue weighted by Gasteiger charge is -2.49. The summed E-state index contributed by atoms with van der Waals surface area (Å²) in [4.78, 5) is 10.4. The Hall–Kier alpha value is -0.870. The Bertz CT molecular complexity index is 621. The van der Waals surface area contributed by atoms with E-state index in [1.807, 2.05) is 0 Å². The van der Waals surface area contributed by atoms with Crippen LogP contribution in [-0.2, 0) is 0 Å². The van der Waals surface area contributed by atoms with E-state index in [9.17, 15) is 5.11 Å². The fraction of sp³-hybridized carbons (Fsp3) is 0.864. The molecule has 3 heterocycles. The summed E-state index contributed by atoms with van der Waals surface area (Å²) in [6.07, 6.45) is 0.980. The normalized spacial score (nSPS) is 29.0. The van der Waals surface area contributed by atoms with Crippen LogP contribution in [0.25, 0.3) is 0 Å². The second-order valence-corrected chi connectivity index (χ2v) is 11.6. The molecule has 0 aliphatic carbocycles. The molecule has 0 amide bonds. The van der Waals surface area contributed by atoms with Crippen LogP contribution < -0.4 is 0 Å². The molecule has 0 radical (unpaired) electrons. The van der Waals surface area contributed by atoms with Crippen molar-refractivity contribution in [3.8, 4) is 0 Å². The lowest BCUT2D eigenvalue weighted by atomic mass is 9.70. The number of aliphatic hydroxyl groups excluding tert-OH is 1. The molecule has 0 saturated carbocycles. The average molecular weight is 362 g/mol. The highest BCUT2D eigenvalue weighted by Crippen LogP contribution is 2.48. The van der Waals surface area contributed by atoms with Gasteiger partial charge in [-0.05, 0) is 22.8 Å². The number of hydrogen-bond acceptors (Lipinski definition) is 4. The number of nitrogens with zero attached hydrogens (tertiary/aromatic N) is 3. The van der Waals surface area contributed by atoms with Gasteiger partial charge in [0.05, 0.1) is 18.2 Å². The van der Waals surface area contributed by atoms with Crippen molar-refractivity contribution in [1.29, 1.82) is 0 Å². The van der Waals surface area contributed by atoms with Gasteiger partial charge in [0.15, 0.2) is 0 Å². The summed E-state index contributed by atoms with van der Waals surface area (Å²) in [6.45, 7) is 23.5. The van der Waals surface area contributed by atoms with Crippen LogP contribution >= 0.6 is 0 Å². The summed E-state index contributed by atoms with van der Waals surface area (Å²) in [7, 11) is 0. The van der Waals surface area contributed by atoms with Gasteiger partial charge >= 0.3 is 0 Å². The number of rotatable bonds is 1. The Morgan fingerprint density at radius 3 is 1.92 bits per heavy atom. The number of β-amino-alcohol motifs (C(OH)–C–C–N with tert-alkyl or cyclic N) is 1. The maximum atomic E-state index is 9.87. The minimum atomic E-state index is -0.152. The molecule has 3 rings (SSSR count). The van der Waals surface area contributed by atoms with Crippen LogP contribution in [0.3, 0.4) is 0 Å². The second kappa shape index (κ2) is 6.07. The molecule has 2 saturated heterocycles. The van der Waals surface area contributed by atoms with E-state index in [1.165, 1.54) is 17.1 Å². The zero-order valence-corrected chi connectivity index (χ0v) is 18.3. The molecule has 2 fully saturated rings. The monoisotopic (exact) mass is 361 g/mol. The van der Waals surface area contributed by atoms with Crippen LogP contribution in [0.4, 0.5) is 0 Å². The molecule has 26 heavy (non-hydrogen) atoms. The first-order valence-corrected chi connectivity index (χ1v) is 10.2. The largest absolute Gasteiger partial charge is 0.390 e. The molecule has 0 aromatic carbocycles. The zero-order valence-electron chi connectivity index (χ0n) is 18.3. The van der Waals surface area contributed by atoms with Gasteiger partial charge in [-0.15, -0.1) is 0 Å². The molecular formula is C22H39N3O. The maximum absolute atomic E-state index is 9.87. The van der Waals surface area contributed by atoms with Gasteiger partial charge in [0.25, 0.3) is 0 Å². The Morgan fingerprint density at radius 1 is 0.923 bits per heavy atom. The Labute approximate surface area is 160 Å². The number of fused-ring (bicyclic) bond motifs is 1. The van der Waals surface area contributed by atoms with Gasteiger partial charge in [-0.3, -0.25) is 9.89 Å². The molecule has 0 aromatic rings.